The van der Waals surface area contributed by atoms with Gasteiger partial charge in [-0.15, -0.1) is 0 Å². The first kappa shape index (κ1) is 17.1. The number of hydrogen-bond acceptors (Lipinski definition) is 3. The van der Waals surface area contributed by atoms with Gasteiger partial charge in [0, 0.05) is 31.0 Å². The molecule has 0 aliphatic carbocycles. The van der Waals surface area contributed by atoms with E-state index in [0.717, 1.165) is 38.1 Å². The first-order valence-electron chi connectivity index (χ1n) is 7.90. The number of pyridine rings is 1. The van der Waals surface area contributed by atoms with E-state index in [2.05, 4.69) is 57.1 Å². The van der Waals surface area contributed by atoms with Gasteiger partial charge in [0.05, 0.1) is 5.60 Å². The molecule has 0 fully saturated rings. The molecule has 0 aromatic carbocycles. The minimum Gasteiger partial charge on any atom is -0.374 e. The number of hydrogen-bond donors (Lipinski definition) is 1. The molecule has 0 amide bonds. The summed E-state index contributed by atoms with van der Waals surface area (Å²) in [7, 11) is 0. The molecule has 2 unspecified atom stereocenters. The predicted octanol–water partition coefficient (Wildman–Crippen LogP) is 3.37. The Bertz CT molecular complexity index is 377. The molecule has 0 saturated heterocycles. The Morgan fingerprint density at radius 3 is 2.45 bits per heavy atom. The molecule has 2 atom stereocenters. The van der Waals surface area contributed by atoms with Crippen molar-refractivity contribution in [1.82, 2.24) is 10.3 Å². The molecule has 1 N–H and O–H groups in total. The summed E-state index contributed by atoms with van der Waals surface area (Å²) in [5, 5.41) is 3.57. The molecule has 0 aliphatic rings. The summed E-state index contributed by atoms with van der Waals surface area (Å²) < 4.78 is 6.02. The van der Waals surface area contributed by atoms with Crippen LogP contribution in [0.25, 0.3) is 0 Å². The van der Waals surface area contributed by atoms with Crippen LogP contribution in [0.1, 0.15) is 52.3 Å². The number of rotatable bonds is 9. The lowest BCUT2D eigenvalue weighted by Gasteiger charge is -2.37. The lowest BCUT2D eigenvalue weighted by Crippen LogP contribution is -2.51. The van der Waals surface area contributed by atoms with Crippen molar-refractivity contribution in [3.63, 3.8) is 0 Å². The predicted molar refractivity (Wildman–Crippen MR) is 85.1 cm³/mol. The van der Waals surface area contributed by atoms with E-state index in [4.69, 9.17) is 4.74 Å². The number of nitrogens with one attached hydrogen (secondary N) is 1. The van der Waals surface area contributed by atoms with Crippen molar-refractivity contribution in [2.45, 2.75) is 65.5 Å². The molecular formula is C17H30N2O. The van der Waals surface area contributed by atoms with Crippen molar-refractivity contribution in [3.05, 3.63) is 29.6 Å². The fraction of sp³-hybridized carbons (Fsp3) is 0.706. The summed E-state index contributed by atoms with van der Waals surface area (Å²) >= 11 is 0. The zero-order valence-electron chi connectivity index (χ0n) is 13.7. The number of aryl methyl sites for hydroxylation is 1. The van der Waals surface area contributed by atoms with Gasteiger partial charge in [-0.1, -0.05) is 26.8 Å². The van der Waals surface area contributed by atoms with Crippen LogP contribution in [-0.2, 0) is 17.6 Å². The second-order valence-electron chi connectivity index (χ2n) is 5.42. The van der Waals surface area contributed by atoms with Gasteiger partial charge in [-0.25, -0.2) is 0 Å². The fourth-order valence-corrected chi connectivity index (χ4v) is 2.52. The van der Waals surface area contributed by atoms with Crippen LogP contribution in [0.5, 0.6) is 0 Å². The monoisotopic (exact) mass is 278 g/mol. The van der Waals surface area contributed by atoms with E-state index < -0.39 is 0 Å². The van der Waals surface area contributed by atoms with Gasteiger partial charge in [0.2, 0.25) is 0 Å². The van der Waals surface area contributed by atoms with Crippen LogP contribution in [0, 0.1) is 0 Å². The van der Waals surface area contributed by atoms with Crippen LogP contribution in [0.15, 0.2) is 18.3 Å². The quantitative estimate of drug-likeness (QED) is 0.752. The highest BCUT2D eigenvalue weighted by atomic mass is 16.5. The van der Waals surface area contributed by atoms with Gasteiger partial charge < -0.3 is 10.1 Å². The molecule has 3 heteroatoms. The van der Waals surface area contributed by atoms with Crippen molar-refractivity contribution in [2.24, 2.45) is 0 Å². The molecule has 1 rings (SSSR count). The molecular weight excluding hydrogens is 248 g/mol. The molecule has 0 radical (unpaired) electrons. The van der Waals surface area contributed by atoms with E-state index in [-0.39, 0.29) is 11.6 Å². The highest BCUT2D eigenvalue weighted by Gasteiger charge is 2.33. The zero-order chi connectivity index (χ0) is 15.0. The number of likely N-dealkylation sites (N-methyl/N-ethyl adjacent to an activating group) is 1. The average Bonchev–Trinajstić information content (AvgIpc) is 2.47. The van der Waals surface area contributed by atoms with Crippen LogP contribution in [-0.4, -0.2) is 29.8 Å². The van der Waals surface area contributed by atoms with E-state index in [1.54, 1.807) is 0 Å². The van der Waals surface area contributed by atoms with E-state index >= 15 is 0 Å². The van der Waals surface area contributed by atoms with E-state index in [9.17, 15) is 0 Å². The Morgan fingerprint density at radius 2 is 2.00 bits per heavy atom. The summed E-state index contributed by atoms with van der Waals surface area (Å²) in [6, 6.07) is 4.61. The van der Waals surface area contributed by atoms with Crippen LogP contribution >= 0.6 is 0 Å². The molecule has 114 valence electrons. The summed E-state index contributed by atoms with van der Waals surface area (Å²) in [6.45, 7) is 12.4. The largest absolute Gasteiger partial charge is 0.374 e. The Morgan fingerprint density at radius 1 is 1.25 bits per heavy atom. The smallest absolute Gasteiger partial charge is 0.0807 e. The van der Waals surface area contributed by atoms with Crippen molar-refractivity contribution < 1.29 is 4.74 Å². The first-order chi connectivity index (χ1) is 9.59. The van der Waals surface area contributed by atoms with Crippen LogP contribution < -0.4 is 5.32 Å². The molecule has 3 nitrogen and oxygen atoms in total. The van der Waals surface area contributed by atoms with Crippen molar-refractivity contribution in [1.29, 1.82) is 0 Å². The maximum absolute atomic E-state index is 6.02. The number of aromatic nitrogens is 1. The third-order valence-electron chi connectivity index (χ3n) is 4.07. The summed E-state index contributed by atoms with van der Waals surface area (Å²) in [4.78, 5) is 4.58. The molecule has 0 bridgehead atoms. The summed E-state index contributed by atoms with van der Waals surface area (Å²) in [5.74, 6) is 0. The Labute approximate surface area is 124 Å². The van der Waals surface area contributed by atoms with Gasteiger partial charge in [0.1, 0.15) is 0 Å². The van der Waals surface area contributed by atoms with Crippen LogP contribution in [0.3, 0.4) is 0 Å². The summed E-state index contributed by atoms with van der Waals surface area (Å²) in [6.07, 6.45) is 4.92. The van der Waals surface area contributed by atoms with Crippen molar-refractivity contribution in [2.75, 3.05) is 13.2 Å². The SMILES string of the molecule is CCNC(Cc1ccc(CC)cn1)C(C)(CC)OCC. The fourth-order valence-electron chi connectivity index (χ4n) is 2.52. The maximum atomic E-state index is 6.02. The Balaban J connectivity index is 2.84. The highest BCUT2D eigenvalue weighted by molar-refractivity contribution is 5.15. The Hall–Kier alpha value is -0.930. The molecule has 0 aliphatic heterocycles. The zero-order valence-corrected chi connectivity index (χ0v) is 13.7. The highest BCUT2D eigenvalue weighted by Crippen LogP contribution is 2.23. The molecule has 0 spiro atoms. The second-order valence-corrected chi connectivity index (χ2v) is 5.42. The molecule has 20 heavy (non-hydrogen) atoms. The van der Waals surface area contributed by atoms with E-state index in [1.165, 1.54) is 5.56 Å². The third kappa shape index (κ3) is 4.57. The summed E-state index contributed by atoms with van der Waals surface area (Å²) in [5.41, 5.74) is 2.28. The van der Waals surface area contributed by atoms with E-state index in [1.807, 2.05) is 6.20 Å². The third-order valence-corrected chi connectivity index (χ3v) is 4.07. The maximum Gasteiger partial charge on any atom is 0.0807 e. The average molecular weight is 278 g/mol. The van der Waals surface area contributed by atoms with Gasteiger partial charge in [-0.3, -0.25) is 4.98 Å². The van der Waals surface area contributed by atoms with Crippen molar-refractivity contribution in [3.8, 4) is 0 Å². The minimum absolute atomic E-state index is 0.143. The number of ether oxygens (including phenoxy) is 1. The molecule has 0 saturated carbocycles. The van der Waals surface area contributed by atoms with Crippen LogP contribution in [0.4, 0.5) is 0 Å². The van der Waals surface area contributed by atoms with E-state index in [0.29, 0.717) is 0 Å². The van der Waals surface area contributed by atoms with Crippen molar-refractivity contribution >= 4 is 0 Å². The second kappa shape index (κ2) is 8.38. The topological polar surface area (TPSA) is 34.2 Å². The standard InChI is InChI=1S/C17H30N2O/c1-6-14-10-11-15(19-13-14)12-16(18-8-3)17(5,7-2)20-9-4/h10-11,13,16,18H,6-9,12H2,1-5H3. The van der Waals surface area contributed by atoms with Gasteiger partial charge >= 0.3 is 0 Å². The van der Waals surface area contributed by atoms with Gasteiger partial charge in [0.25, 0.3) is 0 Å². The first-order valence-corrected chi connectivity index (χ1v) is 7.90. The normalized spacial score (nSPS) is 15.8. The minimum atomic E-state index is -0.143. The van der Waals surface area contributed by atoms with Gasteiger partial charge in [0.15, 0.2) is 0 Å². The van der Waals surface area contributed by atoms with Gasteiger partial charge in [-0.2, -0.15) is 0 Å². The molecule has 1 aromatic rings. The Kier molecular flexibility index (Phi) is 7.17. The lowest BCUT2D eigenvalue weighted by molar-refractivity contribution is -0.0548. The molecule has 1 aromatic heterocycles. The number of nitrogens with zero attached hydrogens (tertiary/aromatic N) is 1. The van der Waals surface area contributed by atoms with Crippen LogP contribution in [0.2, 0.25) is 0 Å². The molecule has 1 heterocycles. The van der Waals surface area contributed by atoms with Gasteiger partial charge in [-0.05, 0) is 44.9 Å². The lowest BCUT2D eigenvalue weighted by atomic mass is 9.89.